The van der Waals surface area contributed by atoms with E-state index in [0.29, 0.717) is 36.0 Å². The number of methoxy groups -OCH3 is 1. The molecule has 8 nitrogen and oxygen atoms in total. The van der Waals surface area contributed by atoms with Gasteiger partial charge in [0.1, 0.15) is 12.1 Å². The van der Waals surface area contributed by atoms with E-state index in [9.17, 15) is 9.59 Å². The van der Waals surface area contributed by atoms with Crippen molar-refractivity contribution in [1.82, 2.24) is 24.6 Å². The average Bonchev–Trinajstić information content (AvgIpc) is 3.29. The average molecular weight is 454 g/mol. The van der Waals surface area contributed by atoms with Crippen LogP contribution >= 0.6 is 11.6 Å². The van der Waals surface area contributed by atoms with E-state index in [1.54, 1.807) is 41.2 Å². The normalized spacial score (nSPS) is 16.2. The van der Waals surface area contributed by atoms with Gasteiger partial charge in [-0.25, -0.2) is 9.67 Å². The van der Waals surface area contributed by atoms with Crippen LogP contribution in [0, 0.1) is 6.92 Å². The number of ether oxygens (including phenoxy) is 1. The van der Waals surface area contributed by atoms with Gasteiger partial charge in [0.2, 0.25) is 5.82 Å². The maximum absolute atomic E-state index is 13.1. The van der Waals surface area contributed by atoms with Gasteiger partial charge in [-0.1, -0.05) is 23.7 Å². The number of aryl methyl sites for hydroxylation is 1. The molecule has 9 heteroatoms. The summed E-state index contributed by atoms with van der Waals surface area (Å²) in [5.41, 5.74) is 2.26. The molecule has 0 radical (unpaired) electrons. The van der Waals surface area contributed by atoms with Crippen molar-refractivity contribution >= 4 is 23.4 Å². The molecule has 0 N–H and O–H groups in total. The van der Waals surface area contributed by atoms with Gasteiger partial charge in [0, 0.05) is 36.3 Å². The second-order valence-electron chi connectivity index (χ2n) is 7.78. The Morgan fingerprint density at radius 2 is 1.94 bits per heavy atom. The van der Waals surface area contributed by atoms with Crippen LogP contribution < -0.4 is 4.74 Å². The third-order valence-corrected chi connectivity index (χ3v) is 5.82. The Morgan fingerprint density at radius 3 is 2.66 bits per heavy atom. The molecule has 2 amide bonds. The van der Waals surface area contributed by atoms with Gasteiger partial charge < -0.3 is 14.5 Å². The predicted octanol–water partition coefficient (Wildman–Crippen LogP) is 3.22. The van der Waals surface area contributed by atoms with Gasteiger partial charge in [0.25, 0.3) is 11.8 Å². The molecule has 2 aromatic carbocycles. The summed E-state index contributed by atoms with van der Waals surface area (Å²) in [5.74, 6) is 0.451. The van der Waals surface area contributed by atoms with E-state index in [0.717, 1.165) is 11.3 Å². The number of carbonyl (C=O) groups is 2. The molecule has 1 aromatic heterocycles. The van der Waals surface area contributed by atoms with Crippen LogP contribution in [0.25, 0.3) is 5.69 Å². The van der Waals surface area contributed by atoms with Crippen LogP contribution in [0.4, 0.5) is 0 Å². The van der Waals surface area contributed by atoms with E-state index < -0.39 is 0 Å². The number of hydrogen-bond donors (Lipinski definition) is 0. The van der Waals surface area contributed by atoms with Crippen molar-refractivity contribution in [2.75, 3.05) is 26.7 Å². The monoisotopic (exact) mass is 453 g/mol. The quantitative estimate of drug-likeness (QED) is 0.606. The summed E-state index contributed by atoms with van der Waals surface area (Å²) in [6, 6.07) is 12.4. The summed E-state index contributed by atoms with van der Waals surface area (Å²) in [6.45, 7) is 5.10. The van der Waals surface area contributed by atoms with Gasteiger partial charge in [0.15, 0.2) is 0 Å². The minimum absolute atomic E-state index is 0.0775. The summed E-state index contributed by atoms with van der Waals surface area (Å²) in [5, 5.41) is 4.89. The lowest BCUT2D eigenvalue weighted by atomic mass is 10.1. The fourth-order valence-electron chi connectivity index (χ4n) is 3.81. The second-order valence-corrected chi connectivity index (χ2v) is 8.21. The fourth-order valence-corrected chi connectivity index (χ4v) is 3.99. The molecule has 0 spiro atoms. The maximum Gasteiger partial charge on any atom is 0.293 e. The highest BCUT2D eigenvalue weighted by molar-refractivity contribution is 6.30. The van der Waals surface area contributed by atoms with Gasteiger partial charge in [0.05, 0.1) is 12.8 Å². The molecule has 3 aromatic rings. The molecule has 2 heterocycles. The van der Waals surface area contributed by atoms with E-state index in [1.165, 1.54) is 11.0 Å². The molecule has 1 saturated heterocycles. The molecule has 1 fully saturated rings. The number of hydrogen-bond acceptors (Lipinski definition) is 5. The van der Waals surface area contributed by atoms with E-state index >= 15 is 0 Å². The minimum atomic E-state index is -0.262. The fraction of sp³-hybridized carbons (Fsp3) is 0.304. The lowest BCUT2D eigenvalue weighted by molar-refractivity contribution is 0.0408. The highest BCUT2D eigenvalue weighted by atomic mass is 35.5. The minimum Gasteiger partial charge on any atom is -0.496 e. The Balaban J connectivity index is 1.44. The molecule has 0 aliphatic carbocycles. The summed E-state index contributed by atoms with van der Waals surface area (Å²) >= 11 is 6.03. The van der Waals surface area contributed by atoms with Crippen molar-refractivity contribution in [2.45, 2.75) is 19.9 Å². The zero-order valence-electron chi connectivity index (χ0n) is 18.2. The third-order valence-electron chi connectivity index (χ3n) is 5.59. The standard InChI is InChI=1S/C23H24ClN5O3/c1-15-7-8-17(11-20(15)32-3)22(30)28-10-9-27(13-16(28)2)23(31)21-25-14-29(26-21)19-6-4-5-18(24)12-19/h4-8,11-12,14,16H,9-10,13H2,1-3H3. The van der Waals surface area contributed by atoms with Gasteiger partial charge in [-0.05, 0) is 49.7 Å². The zero-order chi connectivity index (χ0) is 22.8. The molecule has 1 unspecified atom stereocenters. The Morgan fingerprint density at radius 1 is 1.12 bits per heavy atom. The third kappa shape index (κ3) is 4.31. The Hall–Kier alpha value is -3.39. The van der Waals surface area contributed by atoms with Crippen LogP contribution in [0.5, 0.6) is 5.75 Å². The Kier molecular flexibility index (Phi) is 6.14. The molecule has 1 aliphatic rings. The first-order valence-electron chi connectivity index (χ1n) is 10.3. The van der Waals surface area contributed by atoms with Crippen molar-refractivity contribution in [3.8, 4) is 11.4 Å². The second kappa shape index (κ2) is 9.00. The lowest BCUT2D eigenvalue weighted by Crippen LogP contribution is -2.55. The number of rotatable bonds is 4. The topological polar surface area (TPSA) is 80.6 Å². The van der Waals surface area contributed by atoms with Crippen LogP contribution in [0.1, 0.15) is 33.5 Å². The van der Waals surface area contributed by atoms with Crippen LogP contribution in [-0.4, -0.2) is 69.2 Å². The number of carbonyl (C=O) groups excluding carboxylic acids is 2. The number of nitrogens with zero attached hydrogens (tertiary/aromatic N) is 5. The van der Waals surface area contributed by atoms with Gasteiger partial charge >= 0.3 is 0 Å². The number of piperazine rings is 1. The number of amides is 2. The van der Waals surface area contributed by atoms with Crippen molar-refractivity contribution in [3.05, 3.63) is 70.8 Å². The highest BCUT2D eigenvalue weighted by Gasteiger charge is 2.32. The molecule has 4 rings (SSSR count). The Bertz CT molecular complexity index is 1160. The predicted molar refractivity (Wildman–Crippen MR) is 121 cm³/mol. The lowest BCUT2D eigenvalue weighted by Gasteiger charge is -2.39. The van der Waals surface area contributed by atoms with Crippen LogP contribution in [0.2, 0.25) is 5.02 Å². The molecule has 1 aliphatic heterocycles. The molecular formula is C23H24ClN5O3. The number of aromatic nitrogens is 3. The van der Waals surface area contributed by atoms with Crippen molar-refractivity contribution in [2.24, 2.45) is 0 Å². The SMILES string of the molecule is COc1cc(C(=O)N2CCN(C(=O)c3ncn(-c4cccc(Cl)c4)n3)CC2C)ccc1C. The highest BCUT2D eigenvalue weighted by Crippen LogP contribution is 2.22. The zero-order valence-corrected chi connectivity index (χ0v) is 18.9. The van der Waals surface area contributed by atoms with E-state index in [1.807, 2.05) is 32.0 Å². The van der Waals surface area contributed by atoms with Crippen molar-refractivity contribution < 1.29 is 14.3 Å². The van der Waals surface area contributed by atoms with Gasteiger partial charge in [-0.15, -0.1) is 5.10 Å². The van der Waals surface area contributed by atoms with Gasteiger partial charge in [-0.3, -0.25) is 9.59 Å². The smallest absolute Gasteiger partial charge is 0.293 e. The number of benzene rings is 2. The van der Waals surface area contributed by atoms with Crippen LogP contribution in [0.3, 0.4) is 0 Å². The van der Waals surface area contributed by atoms with Crippen LogP contribution in [0.15, 0.2) is 48.8 Å². The van der Waals surface area contributed by atoms with Crippen molar-refractivity contribution in [1.29, 1.82) is 0 Å². The Labute approximate surface area is 191 Å². The summed E-state index contributed by atoms with van der Waals surface area (Å²) in [6.07, 6.45) is 1.49. The molecular weight excluding hydrogens is 430 g/mol. The summed E-state index contributed by atoms with van der Waals surface area (Å²) in [7, 11) is 1.59. The van der Waals surface area contributed by atoms with E-state index in [-0.39, 0.29) is 23.7 Å². The molecule has 0 saturated carbocycles. The summed E-state index contributed by atoms with van der Waals surface area (Å²) < 4.78 is 6.86. The molecule has 166 valence electrons. The molecule has 1 atom stereocenters. The summed E-state index contributed by atoms with van der Waals surface area (Å²) in [4.78, 5) is 33.7. The molecule has 0 bridgehead atoms. The number of halogens is 1. The van der Waals surface area contributed by atoms with Crippen LogP contribution in [-0.2, 0) is 0 Å². The van der Waals surface area contributed by atoms with E-state index in [2.05, 4.69) is 10.1 Å². The van der Waals surface area contributed by atoms with E-state index in [4.69, 9.17) is 16.3 Å². The largest absolute Gasteiger partial charge is 0.496 e. The maximum atomic E-state index is 13.1. The van der Waals surface area contributed by atoms with Gasteiger partial charge in [-0.2, -0.15) is 0 Å². The first kappa shape index (κ1) is 21.8. The van der Waals surface area contributed by atoms with Crippen molar-refractivity contribution in [3.63, 3.8) is 0 Å². The molecule has 32 heavy (non-hydrogen) atoms. The first-order valence-corrected chi connectivity index (χ1v) is 10.7. The first-order chi connectivity index (χ1) is 15.4.